The van der Waals surface area contributed by atoms with E-state index in [4.69, 9.17) is 4.74 Å². The molecule has 90 valence electrons. The van der Waals surface area contributed by atoms with Crippen LogP contribution in [0.25, 0.3) is 0 Å². The number of rotatable bonds is 5. The summed E-state index contributed by atoms with van der Waals surface area (Å²) in [6.07, 6.45) is 3.77. The summed E-state index contributed by atoms with van der Waals surface area (Å²) < 4.78 is 5.37. The highest BCUT2D eigenvalue weighted by atomic mass is 16.5. The van der Waals surface area contributed by atoms with Crippen molar-refractivity contribution in [3.8, 4) is 5.75 Å². The van der Waals surface area contributed by atoms with E-state index in [1.807, 2.05) is 26.8 Å². The van der Waals surface area contributed by atoms with E-state index in [0.717, 1.165) is 12.0 Å². The van der Waals surface area contributed by atoms with Gasteiger partial charge in [0.05, 0.1) is 18.9 Å². The Morgan fingerprint density at radius 1 is 1.38 bits per heavy atom. The number of aromatic nitrogens is 1. The maximum atomic E-state index is 10.2. The molecule has 3 heteroatoms. The lowest BCUT2D eigenvalue weighted by Gasteiger charge is -2.29. The van der Waals surface area contributed by atoms with Crippen molar-refractivity contribution < 1.29 is 9.84 Å². The highest BCUT2D eigenvalue weighted by molar-refractivity contribution is 5.26. The van der Waals surface area contributed by atoms with Gasteiger partial charge in [0.1, 0.15) is 5.75 Å². The Balaban J connectivity index is 2.91. The van der Waals surface area contributed by atoms with E-state index >= 15 is 0 Å². The molecule has 0 aliphatic carbocycles. The molecule has 0 fully saturated rings. The first-order valence-corrected chi connectivity index (χ1v) is 5.77. The maximum absolute atomic E-state index is 10.2. The topological polar surface area (TPSA) is 42.4 Å². The van der Waals surface area contributed by atoms with E-state index in [1.54, 1.807) is 12.4 Å². The molecule has 0 bridgehead atoms. The van der Waals surface area contributed by atoms with Crippen molar-refractivity contribution in [3.63, 3.8) is 0 Å². The van der Waals surface area contributed by atoms with Gasteiger partial charge in [-0.2, -0.15) is 0 Å². The smallest absolute Gasteiger partial charge is 0.137 e. The predicted molar refractivity (Wildman–Crippen MR) is 64.4 cm³/mol. The highest BCUT2D eigenvalue weighted by Gasteiger charge is 2.27. The van der Waals surface area contributed by atoms with Crippen LogP contribution in [0.15, 0.2) is 18.5 Å². The molecule has 0 radical (unpaired) electrons. The van der Waals surface area contributed by atoms with Gasteiger partial charge in [0, 0.05) is 11.8 Å². The van der Waals surface area contributed by atoms with Crippen molar-refractivity contribution >= 4 is 0 Å². The molecule has 1 atom stereocenters. The molecule has 1 rings (SSSR count). The normalized spacial score (nSPS) is 13.6. The summed E-state index contributed by atoms with van der Waals surface area (Å²) in [4.78, 5) is 4.09. The summed E-state index contributed by atoms with van der Waals surface area (Å²) in [5.41, 5.74) is 0.671. The third-order valence-corrected chi connectivity index (χ3v) is 3.01. The highest BCUT2D eigenvalue weighted by Crippen LogP contribution is 2.36. The SMILES string of the molecule is CCOc1cncc(C(O)C(C)(C)CC)c1. The van der Waals surface area contributed by atoms with E-state index in [1.165, 1.54) is 0 Å². The largest absolute Gasteiger partial charge is 0.492 e. The van der Waals surface area contributed by atoms with Crippen LogP contribution >= 0.6 is 0 Å². The van der Waals surface area contributed by atoms with Crippen LogP contribution in [-0.4, -0.2) is 16.7 Å². The Labute approximate surface area is 97.5 Å². The Morgan fingerprint density at radius 2 is 2.06 bits per heavy atom. The molecule has 0 saturated heterocycles. The first kappa shape index (κ1) is 13.0. The minimum absolute atomic E-state index is 0.146. The summed E-state index contributed by atoms with van der Waals surface area (Å²) in [6, 6.07) is 1.86. The van der Waals surface area contributed by atoms with Gasteiger partial charge in [0.2, 0.25) is 0 Å². The zero-order valence-electron chi connectivity index (χ0n) is 10.5. The van der Waals surface area contributed by atoms with Crippen molar-refractivity contribution in [3.05, 3.63) is 24.0 Å². The number of aliphatic hydroxyl groups is 1. The molecule has 0 aliphatic heterocycles. The third kappa shape index (κ3) is 2.95. The van der Waals surface area contributed by atoms with Crippen LogP contribution in [0.5, 0.6) is 5.75 Å². The minimum Gasteiger partial charge on any atom is -0.492 e. The molecule has 1 aromatic heterocycles. The lowest BCUT2D eigenvalue weighted by atomic mass is 9.81. The van der Waals surface area contributed by atoms with E-state index in [0.29, 0.717) is 12.4 Å². The van der Waals surface area contributed by atoms with Crippen LogP contribution in [0.4, 0.5) is 0 Å². The molecule has 16 heavy (non-hydrogen) atoms. The lowest BCUT2D eigenvalue weighted by Crippen LogP contribution is -2.21. The second-order valence-corrected chi connectivity index (χ2v) is 4.63. The molecule has 0 aromatic carbocycles. The van der Waals surface area contributed by atoms with Crippen LogP contribution in [0, 0.1) is 5.41 Å². The monoisotopic (exact) mass is 223 g/mol. The standard InChI is InChI=1S/C13H21NO2/c1-5-13(3,4)12(15)10-7-11(16-6-2)9-14-8-10/h7-9,12,15H,5-6H2,1-4H3. The van der Waals surface area contributed by atoms with E-state index in [2.05, 4.69) is 11.9 Å². The Bertz CT molecular complexity index is 336. The fourth-order valence-corrected chi connectivity index (χ4v) is 1.48. The predicted octanol–water partition coefficient (Wildman–Crippen LogP) is 2.95. The lowest BCUT2D eigenvalue weighted by molar-refractivity contribution is 0.0461. The molecule has 0 aliphatic rings. The Hall–Kier alpha value is -1.09. The van der Waals surface area contributed by atoms with Crippen LogP contribution in [-0.2, 0) is 0 Å². The van der Waals surface area contributed by atoms with Crippen molar-refractivity contribution in [1.82, 2.24) is 4.98 Å². The van der Waals surface area contributed by atoms with Crippen molar-refractivity contribution in [2.75, 3.05) is 6.61 Å². The number of pyridine rings is 1. The first-order valence-electron chi connectivity index (χ1n) is 5.77. The number of nitrogens with zero attached hydrogens (tertiary/aromatic N) is 1. The second-order valence-electron chi connectivity index (χ2n) is 4.63. The zero-order valence-corrected chi connectivity index (χ0v) is 10.5. The van der Waals surface area contributed by atoms with Gasteiger partial charge in [-0.25, -0.2) is 0 Å². The molecule has 0 spiro atoms. The van der Waals surface area contributed by atoms with Crippen LogP contribution in [0.1, 0.15) is 45.8 Å². The molecule has 1 unspecified atom stereocenters. The summed E-state index contributed by atoms with van der Waals surface area (Å²) in [5, 5.41) is 10.2. The van der Waals surface area contributed by atoms with Gasteiger partial charge in [0.25, 0.3) is 0 Å². The third-order valence-electron chi connectivity index (χ3n) is 3.01. The molecule has 0 saturated carbocycles. The summed E-state index contributed by atoms with van der Waals surface area (Å²) in [7, 11) is 0. The van der Waals surface area contributed by atoms with Gasteiger partial charge in [-0.15, -0.1) is 0 Å². The molecule has 1 aromatic rings. The average Bonchev–Trinajstić information content (AvgIpc) is 2.29. The quantitative estimate of drug-likeness (QED) is 0.834. The van der Waals surface area contributed by atoms with Crippen molar-refractivity contribution in [2.24, 2.45) is 5.41 Å². The van der Waals surface area contributed by atoms with Gasteiger partial charge < -0.3 is 9.84 Å². The van der Waals surface area contributed by atoms with Crippen molar-refractivity contribution in [1.29, 1.82) is 0 Å². The molecule has 0 amide bonds. The number of ether oxygens (including phenoxy) is 1. The molecule has 3 nitrogen and oxygen atoms in total. The average molecular weight is 223 g/mol. The Kier molecular flexibility index (Phi) is 4.30. The summed E-state index contributed by atoms with van der Waals surface area (Å²) >= 11 is 0. The fourth-order valence-electron chi connectivity index (χ4n) is 1.48. The maximum Gasteiger partial charge on any atom is 0.137 e. The Morgan fingerprint density at radius 3 is 2.62 bits per heavy atom. The molecule has 1 N–H and O–H groups in total. The minimum atomic E-state index is -0.509. The first-order chi connectivity index (χ1) is 7.51. The van der Waals surface area contributed by atoms with Gasteiger partial charge in [0.15, 0.2) is 0 Å². The number of aliphatic hydroxyl groups excluding tert-OH is 1. The van der Waals surface area contributed by atoms with Crippen molar-refractivity contribution in [2.45, 2.75) is 40.2 Å². The fraction of sp³-hybridized carbons (Fsp3) is 0.615. The molecule has 1 heterocycles. The van der Waals surface area contributed by atoms with Gasteiger partial charge in [-0.05, 0) is 24.8 Å². The number of hydrogen-bond donors (Lipinski definition) is 1. The molecular formula is C13H21NO2. The van der Waals surface area contributed by atoms with Crippen LogP contribution in [0.3, 0.4) is 0 Å². The van der Waals surface area contributed by atoms with Gasteiger partial charge in [-0.3, -0.25) is 4.98 Å². The summed E-state index contributed by atoms with van der Waals surface area (Å²) in [6.45, 7) is 8.70. The molecular weight excluding hydrogens is 202 g/mol. The summed E-state index contributed by atoms with van der Waals surface area (Å²) in [5.74, 6) is 0.714. The van der Waals surface area contributed by atoms with E-state index < -0.39 is 6.10 Å². The number of hydrogen-bond acceptors (Lipinski definition) is 3. The van der Waals surface area contributed by atoms with Gasteiger partial charge >= 0.3 is 0 Å². The van der Waals surface area contributed by atoms with Crippen LogP contribution in [0.2, 0.25) is 0 Å². The second kappa shape index (κ2) is 5.30. The van der Waals surface area contributed by atoms with Crippen LogP contribution < -0.4 is 4.74 Å². The van der Waals surface area contributed by atoms with Gasteiger partial charge in [-0.1, -0.05) is 20.8 Å². The zero-order chi connectivity index (χ0) is 12.2. The van der Waals surface area contributed by atoms with E-state index in [-0.39, 0.29) is 5.41 Å². The van der Waals surface area contributed by atoms with E-state index in [9.17, 15) is 5.11 Å².